The van der Waals surface area contributed by atoms with Crippen molar-refractivity contribution in [2.75, 3.05) is 26.2 Å². The number of carbonyl (C=O) groups excluding carboxylic acids is 1. The molecule has 2 aromatic heterocycles. The fourth-order valence-corrected chi connectivity index (χ4v) is 6.64. The third-order valence-corrected chi connectivity index (χ3v) is 8.70. The number of carbonyl (C=O) groups is 1. The standard InChI is InChI=1S/C32H44N4O/c1-20(2)30-28-19-26(7-8-29(28)34-31(30)27-17-22(5)33-23(6)18-27)24-9-15-36(16-10-24)32(37)25-11-13-35(14-12-25)21(3)4/h7-8,17-21,24-25,34H,9-16H2,1-6H3. The SMILES string of the molecule is Cc1cc(-c2[nH]c3ccc(C4CCN(C(=O)C5CCN(C(C)C)CC5)CC4)cc3c2C(C)C)cc(C)n1. The molecule has 0 bridgehead atoms. The topological polar surface area (TPSA) is 52.2 Å². The second-order valence-corrected chi connectivity index (χ2v) is 12.0. The molecule has 0 radical (unpaired) electrons. The lowest BCUT2D eigenvalue weighted by molar-refractivity contribution is -0.138. The summed E-state index contributed by atoms with van der Waals surface area (Å²) in [7, 11) is 0. The highest BCUT2D eigenvalue weighted by atomic mass is 16.2. The molecule has 3 aromatic rings. The first-order chi connectivity index (χ1) is 17.7. The van der Waals surface area contributed by atoms with Crippen molar-refractivity contribution >= 4 is 16.8 Å². The van der Waals surface area contributed by atoms with Crippen LogP contribution in [0.25, 0.3) is 22.2 Å². The van der Waals surface area contributed by atoms with Crippen molar-refractivity contribution in [3.8, 4) is 11.3 Å². The Balaban J connectivity index is 1.31. The molecule has 0 unspecified atom stereocenters. The lowest BCUT2D eigenvalue weighted by Crippen LogP contribution is -2.46. The number of H-pyrrole nitrogens is 1. The molecule has 2 aliphatic rings. The van der Waals surface area contributed by atoms with Crippen molar-refractivity contribution in [2.24, 2.45) is 5.92 Å². The van der Waals surface area contributed by atoms with Crippen LogP contribution in [-0.4, -0.2) is 57.9 Å². The van der Waals surface area contributed by atoms with Gasteiger partial charge in [-0.2, -0.15) is 0 Å². The van der Waals surface area contributed by atoms with E-state index in [1.165, 1.54) is 33.3 Å². The summed E-state index contributed by atoms with van der Waals surface area (Å²) in [6, 6.07) is 11.9. The van der Waals surface area contributed by atoms with E-state index < -0.39 is 0 Å². The summed E-state index contributed by atoms with van der Waals surface area (Å²) in [5.74, 6) is 1.54. The van der Waals surface area contributed by atoms with E-state index in [1.54, 1.807) is 0 Å². The first-order valence-corrected chi connectivity index (χ1v) is 14.3. The van der Waals surface area contributed by atoms with Crippen LogP contribution in [0.1, 0.15) is 87.7 Å². The Morgan fingerprint density at radius 1 is 0.919 bits per heavy atom. The minimum absolute atomic E-state index is 0.218. The van der Waals surface area contributed by atoms with Crippen LogP contribution in [0.4, 0.5) is 0 Å². The predicted molar refractivity (Wildman–Crippen MR) is 153 cm³/mol. The van der Waals surface area contributed by atoms with Crippen LogP contribution in [-0.2, 0) is 4.79 Å². The highest BCUT2D eigenvalue weighted by Crippen LogP contribution is 2.39. The first kappa shape index (κ1) is 26.0. The molecule has 198 valence electrons. The zero-order valence-corrected chi connectivity index (χ0v) is 23.6. The Hall–Kier alpha value is -2.66. The molecule has 0 aliphatic carbocycles. The van der Waals surface area contributed by atoms with Crippen LogP contribution in [0.5, 0.6) is 0 Å². The van der Waals surface area contributed by atoms with Gasteiger partial charge in [-0.15, -0.1) is 0 Å². The molecular weight excluding hydrogens is 456 g/mol. The van der Waals surface area contributed by atoms with Gasteiger partial charge in [0.2, 0.25) is 5.91 Å². The van der Waals surface area contributed by atoms with Crippen molar-refractivity contribution in [1.82, 2.24) is 19.8 Å². The van der Waals surface area contributed by atoms with E-state index in [4.69, 9.17) is 0 Å². The van der Waals surface area contributed by atoms with Gasteiger partial charge in [0.25, 0.3) is 0 Å². The molecule has 2 saturated heterocycles. The lowest BCUT2D eigenvalue weighted by Gasteiger charge is -2.38. The summed E-state index contributed by atoms with van der Waals surface area (Å²) in [6.07, 6.45) is 4.13. The molecule has 0 spiro atoms. The van der Waals surface area contributed by atoms with E-state index in [-0.39, 0.29) is 5.92 Å². The molecule has 5 rings (SSSR count). The van der Waals surface area contributed by atoms with Crippen molar-refractivity contribution in [3.63, 3.8) is 0 Å². The maximum Gasteiger partial charge on any atom is 0.225 e. The maximum absolute atomic E-state index is 13.3. The van der Waals surface area contributed by atoms with Gasteiger partial charge < -0.3 is 14.8 Å². The number of hydrogen-bond acceptors (Lipinski definition) is 3. The number of aryl methyl sites for hydroxylation is 2. The van der Waals surface area contributed by atoms with Crippen LogP contribution in [0.3, 0.4) is 0 Å². The highest BCUT2D eigenvalue weighted by Gasteiger charge is 2.32. The van der Waals surface area contributed by atoms with Gasteiger partial charge in [0.05, 0.1) is 5.69 Å². The fourth-order valence-electron chi connectivity index (χ4n) is 6.64. The number of rotatable bonds is 5. The third-order valence-electron chi connectivity index (χ3n) is 8.70. The monoisotopic (exact) mass is 500 g/mol. The van der Waals surface area contributed by atoms with E-state index in [1.807, 2.05) is 0 Å². The van der Waals surface area contributed by atoms with Crippen LogP contribution in [0.2, 0.25) is 0 Å². The van der Waals surface area contributed by atoms with Crippen LogP contribution >= 0.6 is 0 Å². The van der Waals surface area contributed by atoms with Gasteiger partial charge in [0.15, 0.2) is 0 Å². The van der Waals surface area contributed by atoms with Crippen molar-refractivity contribution in [3.05, 3.63) is 52.8 Å². The van der Waals surface area contributed by atoms with E-state index in [2.05, 4.69) is 91.6 Å². The first-order valence-electron chi connectivity index (χ1n) is 14.3. The molecule has 1 N–H and O–H groups in total. The Morgan fingerprint density at radius 2 is 1.57 bits per heavy atom. The Bertz CT molecular complexity index is 1240. The molecule has 0 saturated carbocycles. The minimum Gasteiger partial charge on any atom is -0.354 e. The fraction of sp³-hybridized carbons (Fsp3) is 0.562. The number of piperidine rings is 2. The van der Waals surface area contributed by atoms with E-state index >= 15 is 0 Å². The van der Waals surface area contributed by atoms with Crippen LogP contribution < -0.4 is 0 Å². The third kappa shape index (κ3) is 5.34. The Kier molecular flexibility index (Phi) is 7.44. The molecule has 0 atom stereocenters. The van der Waals surface area contributed by atoms with Gasteiger partial charge in [-0.05, 0) is 114 Å². The van der Waals surface area contributed by atoms with Gasteiger partial charge in [-0.1, -0.05) is 19.9 Å². The number of pyridine rings is 1. The Morgan fingerprint density at radius 3 is 2.16 bits per heavy atom. The summed E-state index contributed by atoms with van der Waals surface area (Å²) >= 11 is 0. The molecule has 5 nitrogen and oxygen atoms in total. The van der Waals surface area contributed by atoms with Gasteiger partial charge in [-0.3, -0.25) is 9.78 Å². The molecule has 4 heterocycles. The van der Waals surface area contributed by atoms with Gasteiger partial charge in [-0.25, -0.2) is 0 Å². The second kappa shape index (κ2) is 10.6. The number of benzene rings is 1. The van der Waals surface area contributed by atoms with Gasteiger partial charge in [0, 0.05) is 52.9 Å². The molecular formula is C32H44N4O. The average Bonchev–Trinajstić information content (AvgIpc) is 3.27. The largest absolute Gasteiger partial charge is 0.354 e. The van der Waals surface area contributed by atoms with Gasteiger partial charge in [0.1, 0.15) is 0 Å². The summed E-state index contributed by atoms with van der Waals surface area (Å²) in [5.41, 5.74) is 8.56. The molecule has 2 fully saturated rings. The van der Waals surface area contributed by atoms with E-state index in [0.29, 0.717) is 23.8 Å². The number of aromatic nitrogens is 2. The quantitative estimate of drug-likeness (QED) is 0.419. The molecule has 37 heavy (non-hydrogen) atoms. The van der Waals surface area contributed by atoms with Gasteiger partial charge >= 0.3 is 0 Å². The smallest absolute Gasteiger partial charge is 0.225 e. The number of fused-ring (bicyclic) bond motifs is 1. The number of nitrogens with zero attached hydrogens (tertiary/aromatic N) is 3. The molecule has 1 amide bonds. The summed E-state index contributed by atoms with van der Waals surface area (Å²) in [4.78, 5) is 26.2. The highest BCUT2D eigenvalue weighted by molar-refractivity contribution is 5.92. The lowest BCUT2D eigenvalue weighted by atomic mass is 9.86. The zero-order chi connectivity index (χ0) is 26.3. The van der Waals surface area contributed by atoms with E-state index in [0.717, 1.165) is 63.3 Å². The summed E-state index contributed by atoms with van der Waals surface area (Å²) in [6.45, 7) is 17.1. The summed E-state index contributed by atoms with van der Waals surface area (Å²) in [5, 5.41) is 1.34. The number of likely N-dealkylation sites (tertiary alicyclic amines) is 2. The summed E-state index contributed by atoms with van der Waals surface area (Å²) < 4.78 is 0. The number of amides is 1. The molecule has 5 heteroatoms. The Labute approximate surface area is 222 Å². The van der Waals surface area contributed by atoms with Crippen molar-refractivity contribution in [1.29, 1.82) is 0 Å². The van der Waals surface area contributed by atoms with Crippen LogP contribution in [0.15, 0.2) is 30.3 Å². The normalized spacial score (nSPS) is 18.4. The number of nitrogens with one attached hydrogen (secondary N) is 1. The van der Waals surface area contributed by atoms with Crippen molar-refractivity contribution < 1.29 is 4.79 Å². The number of aromatic amines is 1. The minimum atomic E-state index is 0.218. The predicted octanol–water partition coefficient (Wildman–Crippen LogP) is 6.80. The molecule has 2 aliphatic heterocycles. The van der Waals surface area contributed by atoms with Crippen LogP contribution in [0, 0.1) is 19.8 Å². The average molecular weight is 501 g/mol. The molecule has 1 aromatic carbocycles. The number of hydrogen-bond donors (Lipinski definition) is 1. The second-order valence-electron chi connectivity index (χ2n) is 12.0. The maximum atomic E-state index is 13.3. The van der Waals surface area contributed by atoms with E-state index in [9.17, 15) is 4.79 Å². The van der Waals surface area contributed by atoms with Crippen molar-refractivity contribution in [2.45, 2.75) is 85.1 Å². The zero-order valence-electron chi connectivity index (χ0n) is 23.6.